The molecule has 0 atom stereocenters. The maximum atomic E-state index is 14.3. The van der Waals surface area contributed by atoms with Crippen LogP contribution in [0.4, 0.5) is 15.8 Å². The van der Waals surface area contributed by atoms with Gasteiger partial charge in [0, 0.05) is 35.7 Å². The number of para-hydroxylation sites is 1. The molecule has 3 rings (SSSR count). The summed E-state index contributed by atoms with van der Waals surface area (Å²) in [6.45, 7) is 7.66. The number of halogens is 1. The van der Waals surface area contributed by atoms with Gasteiger partial charge >= 0.3 is 0 Å². The number of amides is 1. The molecule has 0 saturated carbocycles. The summed E-state index contributed by atoms with van der Waals surface area (Å²) in [6, 6.07) is 12.2. The Balaban J connectivity index is 1.58. The topological polar surface area (TPSA) is 53.6 Å². The molecule has 0 aliphatic carbocycles. The highest BCUT2D eigenvalue weighted by atomic mass is 19.1. The highest BCUT2D eigenvalue weighted by molar-refractivity contribution is 6.31. The molecule has 1 amide bonds. The Hall–Kier alpha value is -2.86. The van der Waals surface area contributed by atoms with Crippen LogP contribution in [-0.2, 0) is 4.79 Å². The zero-order chi connectivity index (χ0) is 19.9. The van der Waals surface area contributed by atoms with Crippen molar-refractivity contribution in [3.8, 4) is 5.75 Å². The Labute approximate surface area is 165 Å². The van der Waals surface area contributed by atoms with Crippen molar-refractivity contribution < 1.29 is 13.9 Å². The Morgan fingerprint density at radius 1 is 1.18 bits per heavy atom. The Kier molecular flexibility index (Phi) is 6.66. The normalized spacial score (nSPS) is 14.3. The zero-order valence-corrected chi connectivity index (χ0v) is 16.3. The summed E-state index contributed by atoms with van der Waals surface area (Å²) >= 11 is 0. The average Bonchev–Trinajstić information content (AvgIpc) is 3.02. The lowest BCUT2D eigenvalue weighted by molar-refractivity contribution is -0.110. The monoisotopic (exact) mass is 383 g/mol. The van der Waals surface area contributed by atoms with Crippen LogP contribution in [0.1, 0.15) is 25.8 Å². The summed E-state index contributed by atoms with van der Waals surface area (Å²) in [4.78, 5) is 14.4. The van der Waals surface area contributed by atoms with Gasteiger partial charge in [-0.05, 0) is 37.7 Å². The molecule has 28 heavy (non-hydrogen) atoms. The van der Waals surface area contributed by atoms with Crippen LogP contribution in [0.5, 0.6) is 5.75 Å². The van der Waals surface area contributed by atoms with Crippen LogP contribution in [0.3, 0.4) is 0 Å². The molecule has 1 heterocycles. The first-order valence-electron chi connectivity index (χ1n) is 9.64. The van der Waals surface area contributed by atoms with Crippen molar-refractivity contribution in [2.75, 3.05) is 36.9 Å². The van der Waals surface area contributed by atoms with Crippen LogP contribution in [0.15, 0.2) is 48.7 Å². The molecule has 0 saturated heterocycles. The van der Waals surface area contributed by atoms with Gasteiger partial charge in [0.1, 0.15) is 0 Å². The molecular weight excluding hydrogens is 357 g/mol. The lowest BCUT2D eigenvalue weighted by atomic mass is 10.1. The minimum Gasteiger partial charge on any atom is -0.490 e. The van der Waals surface area contributed by atoms with E-state index >= 15 is 0 Å². The number of carbonyl (C=O) groups is 1. The van der Waals surface area contributed by atoms with E-state index in [1.54, 1.807) is 18.3 Å². The molecule has 5 nitrogen and oxygen atoms in total. The van der Waals surface area contributed by atoms with Crippen LogP contribution in [0.2, 0.25) is 0 Å². The lowest BCUT2D eigenvalue weighted by Crippen LogP contribution is -2.25. The van der Waals surface area contributed by atoms with Crippen LogP contribution >= 0.6 is 0 Å². The Morgan fingerprint density at radius 3 is 2.71 bits per heavy atom. The molecule has 0 unspecified atom stereocenters. The Bertz CT molecular complexity index is 863. The van der Waals surface area contributed by atoms with Gasteiger partial charge in [0.15, 0.2) is 11.6 Å². The van der Waals surface area contributed by atoms with Gasteiger partial charge in [-0.3, -0.25) is 4.79 Å². The predicted octanol–water partition coefficient (Wildman–Crippen LogP) is 4.34. The minimum atomic E-state index is -0.428. The van der Waals surface area contributed by atoms with Gasteiger partial charge < -0.3 is 20.3 Å². The molecule has 0 spiro atoms. The molecule has 148 valence electrons. The molecule has 2 N–H and O–H groups in total. The summed E-state index contributed by atoms with van der Waals surface area (Å²) in [5.41, 5.74) is 2.68. The molecule has 0 bridgehead atoms. The van der Waals surface area contributed by atoms with E-state index in [-0.39, 0.29) is 11.7 Å². The fraction of sp³-hybridized carbons (Fsp3) is 0.318. The third kappa shape index (κ3) is 4.70. The molecular formula is C22H26FN3O2. The number of benzene rings is 2. The van der Waals surface area contributed by atoms with Crippen molar-refractivity contribution in [1.29, 1.82) is 0 Å². The van der Waals surface area contributed by atoms with E-state index in [1.807, 2.05) is 24.3 Å². The molecule has 2 aromatic carbocycles. The van der Waals surface area contributed by atoms with E-state index in [4.69, 9.17) is 4.74 Å². The third-order valence-corrected chi connectivity index (χ3v) is 4.80. The number of ether oxygens (including phenoxy) is 1. The molecule has 6 heteroatoms. The summed E-state index contributed by atoms with van der Waals surface area (Å²) in [7, 11) is 0. The standard InChI is InChI=1S/C22H26FN3O2/c1-3-26(4-2)12-7-13-28-21-11-10-16(14-19(21)23)24-15-18-17-8-5-6-9-20(17)25-22(18)27/h5-6,8-11,14-15,24H,3-4,7,12-13H2,1-2H3,(H,25,27)/b18-15+. The van der Waals surface area contributed by atoms with Crippen molar-refractivity contribution in [2.45, 2.75) is 20.3 Å². The second-order valence-corrected chi connectivity index (χ2v) is 6.58. The smallest absolute Gasteiger partial charge is 0.257 e. The third-order valence-electron chi connectivity index (χ3n) is 4.80. The maximum Gasteiger partial charge on any atom is 0.257 e. The van der Waals surface area contributed by atoms with Crippen molar-refractivity contribution in [3.63, 3.8) is 0 Å². The SMILES string of the molecule is CCN(CC)CCCOc1ccc(N/C=C2/C(=O)Nc3ccccc32)cc1F. The average molecular weight is 383 g/mol. The van der Waals surface area contributed by atoms with Gasteiger partial charge in [-0.1, -0.05) is 32.0 Å². The number of nitrogens with one attached hydrogen (secondary N) is 2. The number of fused-ring (bicyclic) bond motifs is 1. The van der Waals surface area contributed by atoms with Gasteiger partial charge in [0.05, 0.1) is 12.2 Å². The van der Waals surface area contributed by atoms with E-state index in [1.165, 1.54) is 6.07 Å². The number of hydrogen-bond donors (Lipinski definition) is 2. The molecule has 1 aliphatic heterocycles. The second kappa shape index (κ2) is 9.37. The minimum absolute atomic E-state index is 0.178. The van der Waals surface area contributed by atoms with Crippen LogP contribution in [-0.4, -0.2) is 37.0 Å². The molecule has 0 radical (unpaired) electrons. The van der Waals surface area contributed by atoms with E-state index in [0.717, 1.165) is 37.3 Å². The fourth-order valence-corrected chi connectivity index (χ4v) is 3.16. The highest BCUT2D eigenvalue weighted by Gasteiger charge is 2.23. The number of anilines is 2. The molecule has 1 aliphatic rings. The quantitative estimate of drug-likeness (QED) is 0.500. The maximum absolute atomic E-state index is 14.3. The first-order chi connectivity index (χ1) is 13.6. The number of rotatable bonds is 9. The lowest BCUT2D eigenvalue weighted by Gasteiger charge is -2.17. The van der Waals surface area contributed by atoms with E-state index in [9.17, 15) is 9.18 Å². The van der Waals surface area contributed by atoms with Crippen molar-refractivity contribution in [2.24, 2.45) is 0 Å². The van der Waals surface area contributed by atoms with E-state index in [2.05, 4.69) is 29.4 Å². The van der Waals surface area contributed by atoms with Gasteiger partial charge in [-0.25, -0.2) is 4.39 Å². The fourth-order valence-electron chi connectivity index (χ4n) is 3.16. The van der Waals surface area contributed by atoms with Crippen LogP contribution < -0.4 is 15.4 Å². The zero-order valence-electron chi connectivity index (χ0n) is 16.3. The molecule has 2 aromatic rings. The number of hydrogen-bond acceptors (Lipinski definition) is 4. The number of carbonyl (C=O) groups excluding carboxylic acids is 1. The summed E-state index contributed by atoms with van der Waals surface area (Å²) in [5.74, 6) is -0.369. The summed E-state index contributed by atoms with van der Waals surface area (Å²) in [5, 5.41) is 5.80. The van der Waals surface area contributed by atoms with Crippen molar-refractivity contribution >= 4 is 22.9 Å². The highest BCUT2D eigenvalue weighted by Crippen LogP contribution is 2.31. The van der Waals surface area contributed by atoms with Gasteiger partial charge in [0.2, 0.25) is 0 Å². The van der Waals surface area contributed by atoms with Crippen LogP contribution in [0.25, 0.3) is 5.57 Å². The first-order valence-corrected chi connectivity index (χ1v) is 9.64. The number of nitrogens with zero attached hydrogens (tertiary/aromatic N) is 1. The largest absolute Gasteiger partial charge is 0.490 e. The first kappa shape index (κ1) is 19.9. The summed E-state index contributed by atoms with van der Waals surface area (Å²) < 4.78 is 19.9. The van der Waals surface area contributed by atoms with Crippen LogP contribution in [0, 0.1) is 5.82 Å². The van der Waals surface area contributed by atoms with Crippen molar-refractivity contribution in [3.05, 3.63) is 60.0 Å². The van der Waals surface area contributed by atoms with Gasteiger partial charge in [-0.15, -0.1) is 0 Å². The molecule has 0 fully saturated rings. The van der Waals surface area contributed by atoms with E-state index < -0.39 is 5.82 Å². The van der Waals surface area contributed by atoms with E-state index in [0.29, 0.717) is 17.9 Å². The summed E-state index contributed by atoms with van der Waals surface area (Å²) in [6.07, 6.45) is 2.45. The predicted molar refractivity (Wildman–Crippen MR) is 111 cm³/mol. The van der Waals surface area contributed by atoms with Gasteiger partial charge in [-0.2, -0.15) is 0 Å². The molecule has 0 aromatic heterocycles. The second-order valence-electron chi connectivity index (χ2n) is 6.58. The van der Waals surface area contributed by atoms with Gasteiger partial charge in [0.25, 0.3) is 5.91 Å². The Morgan fingerprint density at radius 2 is 1.96 bits per heavy atom. The van der Waals surface area contributed by atoms with Crippen molar-refractivity contribution in [1.82, 2.24) is 4.90 Å².